The number of carbonyl (C=O) groups excluding carboxylic acids is 3. The number of benzene rings is 1. The first-order chi connectivity index (χ1) is 13.5. The van der Waals surface area contributed by atoms with Crippen molar-refractivity contribution in [1.29, 1.82) is 0 Å². The summed E-state index contributed by atoms with van der Waals surface area (Å²) in [5, 5.41) is 53.3. The third-order valence-corrected chi connectivity index (χ3v) is 6.36. The van der Waals surface area contributed by atoms with Crippen LogP contribution < -0.4 is 5.73 Å². The zero-order valence-corrected chi connectivity index (χ0v) is 15.3. The number of fused-ring (bicyclic) bond motifs is 3. The number of phenolic OH excluding ortho intramolecular Hbond substituents is 1. The second kappa shape index (κ2) is 5.91. The number of allylic oxidation sites excluding steroid dienone is 1. The lowest BCUT2D eigenvalue weighted by Gasteiger charge is -2.50. The van der Waals surface area contributed by atoms with Crippen molar-refractivity contribution in [2.75, 3.05) is 0 Å². The summed E-state index contributed by atoms with van der Waals surface area (Å²) < 4.78 is 0. The summed E-state index contributed by atoms with van der Waals surface area (Å²) in [4.78, 5) is 37.5. The van der Waals surface area contributed by atoms with Crippen molar-refractivity contribution < 1.29 is 39.9 Å². The van der Waals surface area contributed by atoms with Gasteiger partial charge in [-0.3, -0.25) is 14.4 Å². The van der Waals surface area contributed by atoms with Crippen LogP contribution in [0.2, 0.25) is 0 Å². The van der Waals surface area contributed by atoms with E-state index in [1.165, 1.54) is 12.1 Å². The molecule has 0 aliphatic heterocycles. The van der Waals surface area contributed by atoms with E-state index >= 15 is 0 Å². The van der Waals surface area contributed by atoms with Gasteiger partial charge in [-0.05, 0) is 17.5 Å². The lowest BCUT2D eigenvalue weighted by Crippen LogP contribution is -2.62. The number of phenols is 1. The van der Waals surface area contributed by atoms with Crippen LogP contribution in [-0.4, -0.2) is 54.7 Å². The minimum absolute atomic E-state index is 0.0937. The van der Waals surface area contributed by atoms with Gasteiger partial charge < -0.3 is 31.3 Å². The smallest absolute Gasteiger partial charge is 0.255 e. The van der Waals surface area contributed by atoms with Crippen LogP contribution in [0, 0.1) is 11.8 Å². The molecule has 0 radical (unpaired) electrons. The number of ketones is 2. The first-order valence-corrected chi connectivity index (χ1v) is 9.00. The van der Waals surface area contributed by atoms with E-state index in [1.54, 1.807) is 13.0 Å². The van der Waals surface area contributed by atoms with Crippen molar-refractivity contribution in [3.63, 3.8) is 0 Å². The Kier molecular flexibility index (Phi) is 3.91. The number of Topliss-reactive ketones (excluding diaryl/α,β-unsaturated/α-hetero) is 2. The van der Waals surface area contributed by atoms with Crippen LogP contribution in [0.3, 0.4) is 0 Å². The fourth-order valence-corrected chi connectivity index (χ4v) is 4.95. The van der Waals surface area contributed by atoms with Crippen molar-refractivity contribution in [2.45, 2.75) is 31.0 Å². The molecule has 3 aliphatic rings. The number of aromatic hydroxyl groups is 1. The predicted molar refractivity (Wildman–Crippen MR) is 96.9 cm³/mol. The summed E-state index contributed by atoms with van der Waals surface area (Å²) in [7, 11) is 0. The molecule has 0 saturated carbocycles. The molecular weight excluding hydrogens is 382 g/mol. The molecule has 0 aromatic heterocycles. The van der Waals surface area contributed by atoms with Gasteiger partial charge in [0.05, 0.1) is 11.7 Å². The normalized spacial score (nSPS) is 33.9. The number of nitrogens with two attached hydrogens (primary N) is 1. The average Bonchev–Trinajstić information content (AvgIpc) is 2.65. The standard InChI is InChI=1S/C20H19NO8/c1-6-7-3-2-4-9(22)12(7)16(25)14-11(6)15(24)8-5-10(23)13(19(21)28)17(26)20(8,29)18(14)27/h2-4,6,8,11,15,22-24,27,29H,5H2,1H3,(H2,21,28)/t6-,8?,11?,15-,20-/m1/s1. The molecule has 0 bridgehead atoms. The lowest BCUT2D eigenvalue weighted by atomic mass is 9.56. The van der Waals surface area contributed by atoms with Crippen LogP contribution in [0.25, 0.3) is 0 Å². The van der Waals surface area contributed by atoms with Crippen LogP contribution in [-0.2, 0) is 9.59 Å². The molecule has 0 saturated heterocycles. The number of aliphatic hydroxyl groups excluding tert-OH is 3. The summed E-state index contributed by atoms with van der Waals surface area (Å²) in [6.45, 7) is 1.67. The van der Waals surface area contributed by atoms with Crippen LogP contribution in [0.5, 0.6) is 5.75 Å². The van der Waals surface area contributed by atoms with Gasteiger partial charge in [-0.1, -0.05) is 19.1 Å². The molecule has 5 atom stereocenters. The highest BCUT2D eigenvalue weighted by Crippen LogP contribution is 2.54. The Morgan fingerprint density at radius 1 is 1.21 bits per heavy atom. The van der Waals surface area contributed by atoms with Crippen molar-refractivity contribution in [2.24, 2.45) is 17.6 Å². The fraction of sp³-hybridized carbons (Fsp3) is 0.350. The molecule has 0 heterocycles. The van der Waals surface area contributed by atoms with Crippen LogP contribution >= 0.6 is 0 Å². The summed E-state index contributed by atoms with van der Waals surface area (Å²) in [6, 6.07) is 4.43. The largest absolute Gasteiger partial charge is 0.511 e. The molecule has 152 valence electrons. The third-order valence-electron chi connectivity index (χ3n) is 6.36. The number of hydrogen-bond donors (Lipinski definition) is 6. The second-order valence-corrected chi connectivity index (χ2v) is 7.73. The van der Waals surface area contributed by atoms with Crippen molar-refractivity contribution >= 4 is 17.5 Å². The Balaban J connectivity index is 2.00. The summed E-state index contributed by atoms with van der Waals surface area (Å²) in [5.41, 5.74) is 1.38. The first-order valence-electron chi connectivity index (χ1n) is 9.00. The van der Waals surface area contributed by atoms with Gasteiger partial charge >= 0.3 is 0 Å². The van der Waals surface area contributed by atoms with E-state index in [-0.39, 0.29) is 11.3 Å². The Morgan fingerprint density at radius 2 is 1.86 bits per heavy atom. The zero-order chi connectivity index (χ0) is 21.4. The van der Waals surface area contributed by atoms with Gasteiger partial charge in [-0.2, -0.15) is 0 Å². The Bertz CT molecular complexity index is 1050. The molecular formula is C20H19NO8. The number of carbonyl (C=O) groups is 3. The SMILES string of the molecule is C[C@@H]1c2cccc(O)c2C(=O)C2=C(O)[C@]3(O)C(=O)C(C(N)=O)=C(O)CC3[C@@H](O)C21. The molecule has 29 heavy (non-hydrogen) atoms. The Labute approximate surface area is 164 Å². The number of primary amides is 1. The first kappa shape index (κ1) is 19.2. The molecule has 7 N–H and O–H groups in total. The van der Waals surface area contributed by atoms with Gasteiger partial charge in [0, 0.05) is 23.8 Å². The van der Waals surface area contributed by atoms with Crippen molar-refractivity contribution in [3.05, 3.63) is 52.0 Å². The molecule has 9 heteroatoms. The topological polar surface area (TPSA) is 178 Å². The molecule has 2 unspecified atom stereocenters. The average molecular weight is 401 g/mol. The predicted octanol–water partition coefficient (Wildman–Crippen LogP) is 0.112. The Morgan fingerprint density at radius 3 is 2.48 bits per heavy atom. The monoisotopic (exact) mass is 401 g/mol. The quantitative estimate of drug-likeness (QED) is 0.359. The zero-order valence-electron chi connectivity index (χ0n) is 15.3. The minimum Gasteiger partial charge on any atom is -0.511 e. The van der Waals surface area contributed by atoms with E-state index in [0.717, 1.165) is 0 Å². The van der Waals surface area contributed by atoms with Gasteiger partial charge in [0.25, 0.3) is 5.91 Å². The molecule has 1 aromatic rings. The maximum absolute atomic E-state index is 13.1. The van der Waals surface area contributed by atoms with Gasteiger partial charge in [0.15, 0.2) is 11.4 Å². The molecule has 1 aromatic carbocycles. The molecule has 1 amide bonds. The Hall–Kier alpha value is -3.17. The number of aliphatic hydroxyl groups is 4. The molecule has 9 nitrogen and oxygen atoms in total. The van der Waals surface area contributed by atoms with Crippen LogP contribution in [0.15, 0.2) is 40.9 Å². The van der Waals surface area contributed by atoms with E-state index in [9.17, 15) is 39.9 Å². The molecule has 0 spiro atoms. The summed E-state index contributed by atoms with van der Waals surface area (Å²) >= 11 is 0. The van der Waals surface area contributed by atoms with E-state index in [1.807, 2.05) is 0 Å². The molecule has 3 aliphatic carbocycles. The van der Waals surface area contributed by atoms with Crippen LogP contribution in [0.4, 0.5) is 0 Å². The lowest BCUT2D eigenvalue weighted by molar-refractivity contribution is -0.154. The van der Waals surface area contributed by atoms with E-state index in [2.05, 4.69) is 0 Å². The summed E-state index contributed by atoms with van der Waals surface area (Å²) in [5.74, 6) is -8.53. The third kappa shape index (κ3) is 2.19. The second-order valence-electron chi connectivity index (χ2n) is 7.73. The van der Waals surface area contributed by atoms with Gasteiger partial charge in [0.2, 0.25) is 5.78 Å². The van der Waals surface area contributed by atoms with Gasteiger partial charge in [0.1, 0.15) is 22.8 Å². The van der Waals surface area contributed by atoms with E-state index in [0.29, 0.717) is 5.56 Å². The number of amides is 1. The highest BCUT2D eigenvalue weighted by atomic mass is 16.4. The molecule has 4 rings (SSSR count). The summed E-state index contributed by atoms with van der Waals surface area (Å²) in [6.07, 6.45) is -2.01. The maximum Gasteiger partial charge on any atom is 0.255 e. The van der Waals surface area contributed by atoms with Crippen molar-refractivity contribution in [1.82, 2.24) is 0 Å². The van der Waals surface area contributed by atoms with Gasteiger partial charge in [-0.25, -0.2) is 0 Å². The fourth-order valence-electron chi connectivity index (χ4n) is 4.95. The van der Waals surface area contributed by atoms with E-state index in [4.69, 9.17) is 5.73 Å². The van der Waals surface area contributed by atoms with E-state index < -0.39 is 76.0 Å². The minimum atomic E-state index is -2.81. The van der Waals surface area contributed by atoms with Gasteiger partial charge in [-0.15, -0.1) is 0 Å². The highest BCUT2D eigenvalue weighted by Gasteiger charge is 2.64. The highest BCUT2D eigenvalue weighted by molar-refractivity contribution is 6.24. The maximum atomic E-state index is 13.1. The molecule has 0 fully saturated rings. The van der Waals surface area contributed by atoms with Crippen molar-refractivity contribution in [3.8, 4) is 5.75 Å². The number of hydrogen-bond acceptors (Lipinski definition) is 8. The number of rotatable bonds is 1. The van der Waals surface area contributed by atoms with Crippen LogP contribution in [0.1, 0.15) is 35.2 Å².